The molecular weight excluding hydrogens is 288 g/mol. The van der Waals surface area contributed by atoms with Crippen molar-refractivity contribution in [1.29, 1.82) is 0 Å². The van der Waals surface area contributed by atoms with Crippen molar-refractivity contribution in [3.05, 3.63) is 24.3 Å². The first-order chi connectivity index (χ1) is 11.1. The number of amides is 2. The molecule has 1 saturated heterocycles. The Morgan fingerprint density at radius 3 is 2.35 bits per heavy atom. The van der Waals surface area contributed by atoms with Crippen molar-refractivity contribution in [3.8, 4) is 0 Å². The van der Waals surface area contributed by atoms with Gasteiger partial charge in [0.1, 0.15) is 0 Å². The molecule has 1 aliphatic carbocycles. The quantitative estimate of drug-likeness (QED) is 0.878. The highest BCUT2D eigenvalue weighted by molar-refractivity contribution is 5.89. The smallest absolute Gasteiger partial charge is 0.319 e. The monoisotopic (exact) mass is 316 g/mol. The highest BCUT2D eigenvalue weighted by Gasteiger charge is 2.31. The maximum Gasteiger partial charge on any atom is 0.319 e. The van der Waals surface area contributed by atoms with Gasteiger partial charge in [-0.2, -0.15) is 0 Å². The number of nitrogens with zero attached hydrogens (tertiary/aromatic N) is 2. The number of benzene rings is 1. The first kappa shape index (κ1) is 16.1. The third kappa shape index (κ3) is 4.61. The summed E-state index contributed by atoms with van der Waals surface area (Å²) in [5.74, 6) is 0.456. The van der Waals surface area contributed by atoms with E-state index in [2.05, 4.69) is 46.4 Å². The lowest BCUT2D eigenvalue weighted by Gasteiger charge is -2.36. The Bertz CT molecular complexity index is 516. The molecule has 2 N–H and O–H groups in total. The van der Waals surface area contributed by atoms with E-state index < -0.39 is 0 Å². The molecule has 1 aliphatic heterocycles. The van der Waals surface area contributed by atoms with Gasteiger partial charge < -0.3 is 15.5 Å². The third-order valence-electron chi connectivity index (χ3n) is 4.54. The van der Waals surface area contributed by atoms with Crippen LogP contribution in [0.2, 0.25) is 0 Å². The Hall–Kier alpha value is -1.75. The van der Waals surface area contributed by atoms with Gasteiger partial charge in [-0.05, 0) is 43.0 Å². The van der Waals surface area contributed by atoms with Crippen molar-refractivity contribution < 1.29 is 4.79 Å². The third-order valence-corrected chi connectivity index (χ3v) is 4.54. The van der Waals surface area contributed by atoms with Crippen LogP contribution in [0.5, 0.6) is 0 Å². The molecule has 1 aromatic carbocycles. The number of nitrogens with one attached hydrogen (secondary N) is 2. The molecule has 1 heterocycles. The van der Waals surface area contributed by atoms with Gasteiger partial charge in [0.2, 0.25) is 0 Å². The minimum Gasteiger partial charge on any atom is -0.369 e. The Balaban J connectivity index is 1.48. The average molecular weight is 316 g/mol. The van der Waals surface area contributed by atoms with Crippen LogP contribution >= 0.6 is 0 Å². The van der Waals surface area contributed by atoms with Crippen molar-refractivity contribution in [2.75, 3.05) is 42.9 Å². The van der Waals surface area contributed by atoms with Gasteiger partial charge in [0.05, 0.1) is 0 Å². The molecule has 1 aromatic rings. The summed E-state index contributed by atoms with van der Waals surface area (Å²) in [4.78, 5) is 16.8. The molecular formula is C18H28N4O. The Morgan fingerprint density at radius 2 is 1.78 bits per heavy atom. The number of hydrogen-bond donors (Lipinski definition) is 2. The van der Waals surface area contributed by atoms with Crippen molar-refractivity contribution in [2.24, 2.45) is 5.92 Å². The predicted octanol–water partition coefficient (Wildman–Crippen LogP) is 2.75. The molecule has 0 aromatic heterocycles. The van der Waals surface area contributed by atoms with Crippen LogP contribution in [-0.2, 0) is 0 Å². The van der Waals surface area contributed by atoms with Crippen LogP contribution in [0.15, 0.2) is 24.3 Å². The SMILES string of the molecule is CC(C)CNC(=O)Nc1ccc(N2CCN(C3CC3)CC2)cc1. The lowest BCUT2D eigenvalue weighted by atomic mass is 10.2. The van der Waals surface area contributed by atoms with E-state index in [9.17, 15) is 4.79 Å². The fourth-order valence-corrected chi connectivity index (χ4v) is 3.01. The number of urea groups is 1. The van der Waals surface area contributed by atoms with Crippen molar-refractivity contribution in [2.45, 2.75) is 32.7 Å². The van der Waals surface area contributed by atoms with Crippen LogP contribution in [0, 0.1) is 5.92 Å². The van der Waals surface area contributed by atoms with E-state index in [4.69, 9.17) is 0 Å². The number of anilines is 2. The summed E-state index contributed by atoms with van der Waals surface area (Å²) in [5, 5.41) is 5.74. The summed E-state index contributed by atoms with van der Waals surface area (Å²) in [6.07, 6.45) is 2.78. The van der Waals surface area contributed by atoms with E-state index in [0.29, 0.717) is 12.5 Å². The molecule has 2 fully saturated rings. The average Bonchev–Trinajstić information content (AvgIpc) is 3.39. The van der Waals surface area contributed by atoms with Gasteiger partial charge in [-0.25, -0.2) is 4.79 Å². The van der Waals surface area contributed by atoms with E-state index in [-0.39, 0.29) is 6.03 Å². The molecule has 0 atom stereocenters. The van der Waals surface area contributed by atoms with Gasteiger partial charge in [-0.3, -0.25) is 4.90 Å². The molecule has 2 amide bonds. The summed E-state index contributed by atoms with van der Waals surface area (Å²) >= 11 is 0. The van der Waals surface area contributed by atoms with Gasteiger partial charge in [-0.15, -0.1) is 0 Å². The van der Waals surface area contributed by atoms with Gasteiger partial charge in [0, 0.05) is 50.1 Å². The fourth-order valence-electron chi connectivity index (χ4n) is 3.01. The molecule has 5 nitrogen and oxygen atoms in total. The normalized spacial score (nSPS) is 19.0. The topological polar surface area (TPSA) is 47.6 Å². The maximum atomic E-state index is 11.8. The Labute approximate surface area is 139 Å². The Kier molecular flexibility index (Phi) is 5.06. The number of carbonyl (C=O) groups excluding carboxylic acids is 1. The number of rotatable bonds is 5. The van der Waals surface area contributed by atoms with E-state index in [0.717, 1.165) is 24.8 Å². The van der Waals surface area contributed by atoms with Gasteiger partial charge in [-0.1, -0.05) is 13.8 Å². The highest BCUT2D eigenvalue weighted by atomic mass is 16.2. The summed E-state index contributed by atoms with van der Waals surface area (Å²) in [6.45, 7) is 9.38. The van der Waals surface area contributed by atoms with Crippen LogP contribution in [0.1, 0.15) is 26.7 Å². The zero-order valence-electron chi connectivity index (χ0n) is 14.2. The second-order valence-corrected chi connectivity index (χ2v) is 7.03. The number of carbonyl (C=O) groups is 1. The van der Waals surface area contributed by atoms with Crippen molar-refractivity contribution in [3.63, 3.8) is 0 Å². The second kappa shape index (κ2) is 7.21. The summed E-state index contributed by atoms with van der Waals surface area (Å²) in [6, 6.07) is 8.91. The molecule has 2 aliphatic rings. The van der Waals surface area contributed by atoms with E-state index in [1.54, 1.807) is 0 Å². The van der Waals surface area contributed by atoms with Crippen LogP contribution in [0.4, 0.5) is 16.2 Å². The van der Waals surface area contributed by atoms with E-state index in [1.807, 2.05) is 12.1 Å². The lowest BCUT2D eigenvalue weighted by molar-refractivity contribution is 0.248. The molecule has 0 radical (unpaired) electrons. The minimum atomic E-state index is -0.135. The van der Waals surface area contributed by atoms with Crippen LogP contribution in [0.3, 0.4) is 0 Å². The molecule has 0 spiro atoms. The van der Waals surface area contributed by atoms with E-state index in [1.165, 1.54) is 31.6 Å². The van der Waals surface area contributed by atoms with Gasteiger partial charge in [0.25, 0.3) is 0 Å². The zero-order valence-corrected chi connectivity index (χ0v) is 14.2. The molecule has 1 saturated carbocycles. The van der Waals surface area contributed by atoms with Crippen molar-refractivity contribution in [1.82, 2.24) is 10.2 Å². The number of hydrogen-bond acceptors (Lipinski definition) is 3. The summed E-state index contributed by atoms with van der Waals surface area (Å²) in [7, 11) is 0. The first-order valence-electron chi connectivity index (χ1n) is 8.76. The lowest BCUT2D eigenvalue weighted by Crippen LogP contribution is -2.47. The number of piperazine rings is 1. The molecule has 5 heteroatoms. The first-order valence-corrected chi connectivity index (χ1v) is 8.76. The van der Waals surface area contributed by atoms with Gasteiger partial charge in [0.15, 0.2) is 0 Å². The summed E-state index contributed by atoms with van der Waals surface area (Å²) < 4.78 is 0. The largest absolute Gasteiger partial charge is 0.369 e. The van der Waals surface area contributed by atoms with Crippen molar-refractivity contribution >= 4 is 17.4 Å². The molecule has 3 rings (SSSR count). The highest BCUT2D eigenvalue weighted by Crippen LogP contribution is 2.28. The zero-order chi connectivity index (χ0) is 16.2. The predicted molar refractivity (Wildman–Crippen MR) is 95.1 cm³/mol. The fraction of sp³-hybridized carbons (Fsp3) is 0.611. The Morgan fingerprint density at radius 1 is 1.13 bits per heavy atom. The summed E-state index contributed by atoms with van der Waals surface area (Å²) in [5.41, 5.74) is 2.08. The van der Waals surface area contributed by atoms with E-state index >= 15 is 0 Å². The maximum absolute atomic E-state index is 11.8. The minimum absolute atomic E-state index is 0.135. The van der Waals surface area contributed by atoms with Gasteiger partial charge >= 0.3 is 6.03 Å². The van der Waals surface area contributed by atoms with Crippen LogP contribution < -0.4 is 15.5 Å². The molecule has 23 heavy (non-hydrogen) atoms. The standard InChI is InChI=1S/C18H28N4O/c1-14(2)13-19-18(23)20-15-3-5-16(6-4-15)21-9-11-22(12-10-21)17-7-8-17/h3-6,14,17H,7-13H2,1-2H3,(H2,19,20,23). The van der Waals surface area contributed by atoms with Crippen LogP contribution in [-0.4, -0.2) is 49.7 Å². The molecule has 126 valence electrons. The molecule has 0 bridgehead atoms. The molecule has 0 unspecified atom stereocenters. The van der Waals surface area contributed by atoms with Crippen LogP contribution in [0.25, 0.3) is 0 Å². The second-order valence-electron chi connectivity index (χ2n) is 7.03.